The fourth-order valence-electron chi connectivity index (χ4n) is 0.293. The van der Waals surface area contributed by atoms with Gasteiger partial charge in [-0.15, -0.1) is 0 Å². The Labute approximate surface area is 53.9 Å². The molecule has 0 aromatic heterocycles. The lowest BCUT2D eigenvalue weighted by Crippen LogP contribution is -2.10. The summed E-state index contributed by atoms with van der Waals surface area (Å²) in [6.07, 6.45) is 1.23. The third-order valence-corrected chi connectivity index (χ3v) is 1.60. The van der Waals surface area contributed by atoms with Crippen molar-refractivity contribution in [3.63, 3.8) is 0 Å². The summed E-state index contributed by atoms with van der Waals surface area (Å²) in [5.41, 5.74) is 0. The standard InChI is InChI=1S/C4H7O4S/c1-2-8-9(6,7)4-3-5/h2,4H2,1H3. The molecule has 0 saturated heterocycles. The van der Waals surface area contributed by atoms with Crippen LogP contribution in [0.3, 0.4) is 0 Å². The van der Waals surface area contributed by atoms with Gasteiger partial charge < -0.3 is 0 Å². The molecule has 0 heterocycles. The van der Waals surface area contributed by atoms with E-state index in [-0.39, 0.29) is 6.61 Å². The van der Waals surface area contributed by atoms with Crippen LogP contribution in [0, 0.1) is 0 Å². The maximum absolute atomic E-state index is 10.3. The van der Waals surface area contributed by atoms with Gasteiger partial charge in [0.25, 0.3) is 10.1 Å². The van der Waals surface area contributed by atoms with Crippen LogP contribution < -0.4 is 0 Å². The molecule has 53 valence electrons. The summed E-state index contributed by atoms with van der Waals surface area (Å²) in [6, 6.07) is 0. The van der Waals surface area contributed by atoms with Gasteiger partial charge in [-0.1, -0.05) is 0 Å². The van der Waals surface area contributed by atoms with Crippen LogP contribution in [0.5, 0.6) is 0 Å². The van der Waals surface area contributed by atoms with E-state index >= 15 is 0 Å². The molecule has 9 heavy (non-hydrogen) atoms. The Morgan fingerprint density at radius 1 is 1.56 bits per heavy atom. The van der Waals surface area contributed by atoms with Crippen molar-refractivity contribution in [3.8, 4) is 0 Å². The lowest BCUT2D eigenvalue weighted by atomic mass is 10.9. The van der Waals surface area contributed by atoms with E-state index in [1.54, 1.807) is 0 Å². The first-order chi connectivity index (χ1) is 4.12. The van der Waals surface area contributed by atoms with E-state index in [1.807, 2.05) is 0 Å². The molecule has 0 atom stereocenters. The molecule has 0 bridgehead atoms. The second kappa shape index (κ2) is 3.58. The maximum atomic E-state index is 10.3. The predicted molar refractivity (Wildman–Crippen MR) is 31.1 cm³/mol. The zero-order chi connectivity index (χ0) is 7.33. The first-order valence-electron chi connectivity index (χ1n) is 2.34. The fraction of sp³-hybridized carbons (Fsp3) is 0.750. The molecule has 0 aromatic rings. The monoisotopic (exact) mass is 151 g/mol. The van der Waals surface area contributed by atoms with Crippen molar-refractivity contribution in [2.75, 3.05) is 12.4 Å². The molecule has 0 aliphatic heterocycles. The van der Waals surface area contributed by atoms with Crippen molar-refractivity contribution >= 4 is 16.4 Å². The van der Waals surface area contributed by atoms with Crippen LogP contribution >= 0.6 is 0 Å². The lowest BCUT2D eigenvalue weighted by Gasteiger charge is -1.94. The number of hydrogen-bond acceptors (Lipinski definition) is 4. The van der Waals surface area contributed by atoms with Crippen LogP contribution in [0.4, 0.5) is 0 Å². The second-order valence-corrected chi connectivity index (χ2v) is 2.89. The topological polar surface area (TPSA) is 60.4 Å². The van der Waals surface area contributed by atoms with Crippen molar-refractivity contribution in [3.05, 3.63) is 0 Å². The number of rotatable bonds is 4. The van der Waals surface area contributed by atoms with Crippen LogP contribution in [0.2, 0.25) is 0 Å². The van der Waals surface area contributed by atoms with Gasteiger partial charge in [-0.25, -0.2) is 0 Å². The van der Waals surface area contributed by atoms with Crippen molar-refractivity contribution in [2.24, 2.45) is 0 Å². The smallest absolute Gasteiger partial charge is 0.275 e. The largest absolute Gasteiger partial charge is 0.290 e. The highest BCUT2D eigenvalue weighted by molar-refractivity contribution is 7.87. The van der Waals surface area contributed by atoms with Gasteiger partial charge in [-0.2, -0.15) is 8.42 Å². The molecule has 0 fully saturated rings. The average Bonchev–Trinajstić information content (AvgIpc) is 1.64. The molecule has 4 nitrogen and oxygen atoms in total. The van der Waals surface area contributed by atoms with E-state index in [2.05, 4.69) is 4.18 Å². The van der Waals surface area contributed by atoms with E-state index in [0.717, 1.165) is 0 Å². The molecule has 0 aromatic carbocycles. The Kier molecular flexibility index (Phi) is 3.41. The molecule has 0 N–H and O–H groups in total. The van der Waals surface area contributed by atoms with Gasteiger partial charge in [0.2, 0.25) is 6.29 Å². The van der Waals surface area contributed by atoms with Crippen LogP contribution in [0.25, 0.3) is 0 Å². The summed E-state index contributed by atoms with van der Waals surface area (Å²) < 4.78 is 24.9. The highest BCUT2D eigenvalue weighted by atomic mass is 32.2. The van der Waals surface area contributed by atoms with E-state index in [1.165, 1.54) is 13.2 Å². The molecule has 1 radical (unpaired) electrons. The maximum Gasteiger partial charge on any atom is 0.275 e. The zero-order valence-corrected chi connectivity index (χ0v) is 5.77. The highest BCUT2D eigenvalue weighted by Crippen LogP contribution is 1.88. The Bertz CT molecular complexity index is 169. The molecule has 5 heteroatoms. The minimum atomic E-state index is -3.61. The molecule has 0 unspecified atom stereocenters. The molecule has 0 amide bonds. The minimum Gasteiger partial charge on any atom is -0.290 e. The molecule has 0 aliphatic carbocycles. The molecular formula is C4H7O4S. The summed E-state index contributed by atoms with van der Waals surface area (Å²) in [7, 11) is -3.61. The first-order valence-corrected chi connectivity index (χ1v) is 3.92. The summed E-state index contributed by atoms with van der Waals surface area (Å²) >= 11 is 0. The Balaban J connectivity index is 3.88. The normalized spacial score (nSPS) is 11.2. The predicted octanol–water partition coefficient (Wildman–Crippen LogP) is -0.538. The van der Waals surface area contributed by atoms with E-state index in [9.17, 15) is 13.2 Å². The van der Waals surface area contributed by atoms with E-state index < -0.39 is 15.9 Å². The SMILES string of the molecule is CCOS(=O)(=O)C[C]=O. The van der Waals surface area contributed by atoms with Crippen molar-refractivity contribution in [1.82, 2.24) is 0 Å². The lowest BCUT2D eigenvalue weighted by molar-refractivity contribution is 0.340. The Morgan fingerprint density at radius 2 is 2.11 bits per heavy atom. The van der Waals surface area contributed by atoms with E-state index in [4.69, 9.17) is 0 Å². The van der Waals surface area contributed by atoms with Gasteiger partial charge in [0, 0.05) is 0 Å². The summed E-state index contributed by atoms with van der Waals surface area (Å²) in [6.45, 7) is 1.59. The number of carbonyl (C=O) groups excluding carboxylic acids is 1. The van der Waals surface area contributed by atoms with Gasteiger partial charge in [0.05, 0.1) is 6.61 Å². The summed E-state index contributed by atoms with van der Waals surface area (Å²) in [5, 5.41) is 0. The average molecular weight is 151 g/mol. The van der Waals surface area contributed by atoms with E-state index in [0.29, 0.717) is 0 Å². The molecular weight excluding hydrogens is 144 g/mol. The first kappa shape index (κ1) is 8.58. The van der Waals surface area contributed by atoms with Gasteiger partial charge in [0.15, 0.2) is 0 Å². The summed E-state index contributed by atoms with van der Waals surface area (Å²) in [4.78, 5) is 9.51. The van der Waals surface area contributed by atoms with Crippen LogP contribution in [-0.2, 0) is 19.1 Å². The third-order valence-electron chi connectivity index (χ3n) is 0.533. The van der Waals surface area contributed by atoms with Crippen molar-refractivity contribution in [2.45, 2.75) is 6.92 Å². The Hall–Kier alpha value is -0.420. The zero-order valence-electron chi connectivity index (χ0n) is 4.96. The van der Waals surface area contributed by atoms with Crippen LogP contribution in [0.1, 0.15) is 6.92 Å². The third kappa shape index (κ3) is 4.11. The second-order valence-electron chi connectivity index (χ2n) is 1.25. The Morgan fingerprint density at radius 3 is 2.44 bits per heavy atom. The van der Waals surface area contributed by atoms with Gasteiger partial charge in [-0.05, 0) is 6.92 Å². The van der Waals surface area contributed by atoms with Gasteiger partial charge >= 0.3 is 0 Å². The van der Waals surface area contributed by atoms with Gasteiger partial charge in [0.1, 0.15) is 5.75 Å². The van der Waals surface area contributed by atoms with Crippen LogP contribution in [-0.4, -0.2) is 27.1 Å². The van der Waals surface area contributed by atoms with Crippen LogP contribution in [0.15, 0.2) is 0 Å². The van der Waals surface area contributed by atoms with Crippen molar-refractivity contribution in [1.29, 1.82) is 0 Å². The molecule has 0 spiro atoms. The summed E-state index contributed by atoms with van der Waals surface area (Å²) in [5.74, 6) is -0.680. The fourth-order valence-corrected chi connectivity index (χ4v) is 0.880. The van der Waals surface area contributed by atoms with Crippen molar-refractivity contribution < 1.29 is 17.4 Å². The quantitative estimate of drug-likeness (QED) is 0.506. The minimum absolute atomic E-state index is 0.0595. The highest BCUT2D eigenvalue weighted by Gasteiger charge is 2.07. The number of hydrogen-bond donors (Lipinski definition) is 0. The van der Waals surface area contributed by atoms with Gasteiger partial charge in [-0.3, -0.25) is 8.98 Å². The molecule has 0 aliphatic rings. The molecule has 0 rings (SSSR count). The molecule has 0 saturated carbocycles.